The summed E-state index contributed by atoms with van der Waals surface area (Å²) in [5.74, 6) is -1.57. The van der Waals surface area contributed by atoms with Crippen LogP contribution in [0.25, 0.3) is 0 Å². The van der Waals surface area contributed by atoms with Crippen LogP contribution in [-0.4, -0.2) is 88.7 Å². The molecule has 0 spiro atoms. The Morgan fingerprint density at radius 3 is 2.91 bits per heavy atom. The lowest BCUT2D eigenvalue weighted by molar-refractivity contribution is -0.150. The molecule has 2 amide bonds. The Bertz CT molecular complexity index is 1210. The number of nitrogen functional groups attached to an aromatic ring is 1. The first kappa shape index (κ1) is 23.5. The summed E-state index contributed by atoms with van der Waals surface area (Å²) < 4.78 is 1.47. The summed E-state index contributed by atoms with van der Waals surface area (Å²) in [4.78, 5) is 47.7. The largest absolute Gasteiger partial charge is 0.477 e. The second-order valence-corrected chi connectivity index (χ2v) is 9.13. The van der Waals surface area contributed by atoms with Gasteiger partial charge in [0, 0.05) is 30.3 Å². The minimum absolute atomic E-state index is 0.0884. The normalized spacial score (nSPS) is 20.0. The van der Waals surface area contributed by atoms with E-state index in [0.29, 0.717) is 27.8 Å². The molecule has 4 rings (SSSR count). The van der Waals surface area contributed by atoms with Gasteiger partial charge >= 0.3 is 5.97 Å². The summed E-state index contributed by atoms with van der Waals surface area (Å²) >= 11 is 2.63. The van der Waals surface area contributed by atoms with Crippen LogP contribution in [-0.2, 0) is 26.3 Å². The van der Waals surface area contributed by atoms with Gasteiger partial charge in [0.25, 0.3) is 11.8 Å². The molecule has 1 saturated heterocycles. The zero-order chi connectivity index (χ0) is 24.4. The number of tetrazole rings is 1. The Labute approximate surface area is 201 Å². The summed E-state index contributed by atoms with van der Waals surface area (Å²) in [6.07, 6.45) is 1.41. The molecule has 178 valence electrons. The first-order chi connectivity index (χ1) is 16.3. The van der Waals surface area contributed by atoms with Crippen molar-refractivity contribution in [3.63, 3.8) is 0 Å². The third kappa shape index (κ3) is 4.41. The van der Waals surface area contributed by atoms with E-state index in [1.54, 1.807) is 7.05 Å². The second kappa shape index (κ2) is 9.68. The van der Waals surface area contributed by atoms with Crippen molar-refractivity contribution in [2.45, 2.75) is 16.6 Å². The number of nitrogens with zero attached hydrogens (tertiary/aromatic N) is 7. The lowest BCUT2D eigenvalue weighted by Crippen LogP contribution is -2.71. The predicted molar refractivity (Wildman–Crippen MR) is 121 cm³/mol. The Balaban J connectivity index is 1.50. The minimum Gasteiger partial charge on any atom is -0.477 e. The molecule has 14 nitrogen and oxygen atoms in total. The van der Waals surface area contributed by atoms with E-state index >= 15 is 0 Å². The van der Waals surface area contributed by atoms with E-state index in [2.05, 4.69) is 31.0 Å². The molecule has 4 heterocycles. The quantitative estimate of drug-likeness (QED) is 0.173. The van der Waals surface area contributed by atoms with Crippen LogP contribution in [0.1, 0.15) is 5.56 Å². The number of nitrogens with two attached hydrogens (primary N) is 1. The van der Waals surface area contributed by atoms with Crippen molar-refractivity contribution in [2.24, 2.45) is 12.2 Å². The lowest BCUT2D eigenvalue weighted by Gasteiger charge is -2.49. The number of carboxylic acids is 1. The van der Waals surface area contributed by atoms with Gasteiger partial charge in [0.2, 0.25) is 5.16 Å². The summed E-state index contributed by atoms with van der Waals surface area (Å²) in [7, 11) is 2.96. The molecule has 2 atom stereocenters. The van der Waals surface area contributed by atoms with Gasteiger partial charge < -0.3 is 21.0 Å². The number of fused-ring (bicyclic) bond motifs is 1. The number of pyridine rings is 1. The van der Waals surface area contributed by atoms with E-state index < -0.39 is 29.2 Å². The number of aromatic nitrogens is 5. The van der Waals surface area contributed by atoms with E-state index in [0.717, 1.165) is 0 Å². The number of amides is 2. The molecule has 1 unspecified atom stereocenters. The topological polar surface area (TPSA) is 191 Å². The third-order valence-corrected chi connectivity index (χ3v) is 7.38. The van der Waals surface area contributed by atoms with Gasteiger partial charge in [0.15, 0.2) is 5.71 Å². The summed E-state index contributed by atoms with van der Waals surface area (Å²) in [6, 6.07) is 2.05. The Kier molecular flexibility index (Phi) is 6.69. The van der Waals surface area contributed by atoms with Crippen molar-refractivity contribution in [3.8, 4) is 0 Å². The molecular weight excluding hydrogens is 486 g/mol. The van der Waals surface area contributed by atoms with Gasteiger partial charge in [-0.15, -0.1) is 16.9 Å². The van der Waals surface area contributed by atoms with E-state index in [4.69, 9.17) is 10.6 Å². The minimum atomic E-state index is -1.22. The van der Waals surface area contributed by atoms with Crippen LogP contribution < -0.4 is 11.1 Å². The molecule has 34 heavy (non-hydrogen) atoms. The monoisotopic (exact) mass is 505 g/mol. The van der Waals surface area contributed by atoms with E-state index in [1.807, 2.05) is 0 Å². The molecule has 2 aromatic rings. The maximum Gasteiger partial charge on any atom is 0.352 e. The maximum absolute atomic E-state index is 12.9. The molecule has 0 saturated carbocycles. The Hall–Kier alpha value is -3.66. The first-order valence-corrected chi connectivity index (χ1v) is 11.7. The summed E-state index contributed by atoms with van der Waals surface area (Å²) in [6.45, 7) is 0. The molecule has 2 aromatic heterocycles. The number of hydrogen-bond acceptors (Lipinski definition) is 12. The number of β-lactam (4-membered cyclic amide) rings is 1. The van der Waals surface area contributed by atoms with Gasteiger partial charge in [-0.3, -0.25) is 14.5 Å². The van der Waals surface area contributed by atoms with Crippen molar-refractivity contribution in [1.82, 2.24) is 35.4 Å². The lowest BCUT2D eigenvalue weighted by atomic mass is 10.0. The zero-order valence-corrected chi connectivity index (χ0v) is 19.5. The van der Waals surface area contributed by atoms with E-state index in [9.17, 15) is 19.5 Å². The number of thioether (sulfide) groups is 2. The van der Waals surface area contributed by atoms with Crippen molar-refractivity contribution in [3.05, 3.63) is 35.2 Å². The highest BCUT2D eigenvalue weighted by molar-refractivity contribution is 8.01. The van der Waals surface area contributed by atoms with Crippen molar-refractivity contribution in [1.29, 1.82) is 0 Å². The van der Waals surface area contributed by atoms with Crippen molar-refractivity contribution < 1.29 is 24.3 Å². The third-order valence-electron chi connectivity index (χ3n) is 4.95. The molecular formula is C18H19N9O5S2. The first-order valence-electron chi connectivity index (χ1n) is 9.71. The van der Waals surface area contributed by atoms with Crippen LogP contribution in [0, 0.1) is 0 Å². The van der Waals surface area contributed by atoms with Gasteiger partial charge in [0.1, 0.15) is 30.0 Å². The van der Waals surface area contributed by atoms with Gasteiger partial charge in [0.05, 0.1) is 0 Å². The molecule has 16 heteroatoms. The second-order valence-electron chi connectivity index (χ2n) is 7.08. The fraction of sp³-hybridized carbons (Fsp3) is 0.333. The number of hydrogen-bond donors (Lipinski definition) is 3. The summed E-state index contributed by atoms with van der Waals surface area (Å²) in [5.41, 5.74) is 6.43. The molecule has 2 aliphatic heterocycles. The standard InChI is InChI=1S/C18H19N9O5S2/c1-26-18(22-24-25-26)34-7-9-6-33-16-12(15(29)27(16)13(9)17(30)31)21-14(28)11(23-32-2)8-3-4-20-10(19)5-8/h3-5,12,16H,6-7H2,1-2H3,(H2,19,20)(H,21,28)(H,30,31)/b23-11-/t12?,16-/m1/s1. The van der Waals surface area contributed by atoms with Gasteiger partial charge in [-0.25, -0.2) is 14.5 Å². The predicted octanol–water partition coefficient (Wildman–Crippen LogP) is -0.931. The smallest absolute Gasteiger partial charge is 0.352 e. The number of carbonyl (C=O) groups excluding carboxylic acids is 2. The molecule has 0 bridgehead atoms. The number of carboxylic acid groups (broad SMARTS) is 1. The molecule has 4 N–H and O–H groups in total. The number of rotatable bonds is 8. The average Bonchev–Trinajstić information content (AvgIpc) is 3.23. The number of nitrogens with one attached hydrogen (secondary N) is 1. The molecule has 0 radical (unpaired) electrons. The van der Waals surface area contributed by atoms with Crippen LogP contribution in [0.3, 0.4) is 0 Å². The number of aryl methyl sites for hydroxylation is 1. The fourth-order valence-corrected chi connectivity index (χ4v) is 5.75. The SMILES string of the molecule is CO/N=C(\C(=O)NC1C(=O)N2C(C(=O)O)=C(CSc3nnnn3C)CS[C@H]12)c1ccnc(N)c1. The van der Waals surface area contributed by atoms with Crippen LogP contribution in [0.15, 0.2) is 39.9 Å². The van der Waals surface area contributed by atoms with Crippen LogP contribution in [0.4, 0.5) is 5.82 Å². The van der Waals surface area contributed by atoms with Crippen LogP contribution in [0.2, 0.25) is 0 Å². The fourth-order valence-electron chi connectivity index (χ4n) is 3.41. The maximum atomic E-state index is 12.9. The van der Waals surface area contributed by atoms with Gasteiger partial charge in [-0.05, 0) is 28.1 Å². The molecule has 2 aliphatic rings. The van der Waals surface area contributed by atoms with Crippen LogP contribution in [0.5, 0.6) is 0 Å². The highest BCUT2D eigenvalue weighted by Crippen LogP contribution is 2.41. The number of oxime groups is 1. The molecule has 0 aliphatic carbocycles. The highest BCUT2D eigenvalue weighted by Gasteiger charge is 2.54. The van der Waals surface area contributed by atoms with E-state index in [1.165, 1.54) is 58.5 Å². The Morgan fingerprint density at radius 1 is 1.47 bits per heavy atom. The summed E-state index contributed by atoms with van der Waals surface area (Å²) in [5, 5.41) is 27.3. The van der Waals surface area contributed by atoms with Crippen molar-refractivity contribution in [2.75, 3.05) is 24.3 Å². The average molecular weight is 506 g/mol. The number of aliphatic carboxylic acids is 1. The molecule has 0 aromatic carbocycles. The number of anilines is 1. The van der Waals surface area contributed by atoms with E-state index in [-0.39, 0.29) is 17.2 Å². The van der Waals surface area contributed by atoms with Crippen LogP contribution >= 0.6 is 23.5 Å². The molecule has 1 fully saturated rings. The van der Waals surface area contributed by atoms with Gasteiger partial charge in [-0.2, -0.15) is 0 Å². The van der Waals surface area contributed by atoms with Crippen molar-refractivity contribution >= 4 is 52.8 Å². The number of carbonyl (C=O) groups is 3. The Morgan fingerprint density at radius 2 is 2.26 bits per heavy atom. The zero-order valence-electron chi connectivity index (χ0n) is 17.9. The highest BCUT2D eigenvalue weighted by atomic mass is 32.2. The van der Waals surface area contributed by atoms with Gasteiger partial charge in [-0.1, -0.05) is 16.9 Å².